The minimum Gasteiger partial charge on any atom is -0.371 e. The van der Waals surface area contributed by atoms with E-state index in [1.807, 2.05) is 0 Å². The quantitative estimate of drug-likeness (QED) is 0.434. The highest BCUT2D eigenvalue weighted by molar-refractivity contribution is 5.12. The van der Waals surface area contributed by atoms with E-state index in [9.17, 15) is 0 Å². The van der Waals surface area contributed by atoms with Crippen LogP contribution in [-0.2, 0) is 9.47 Å². The van der Waals surface area contributed by atoms with Crippen LogP contribution >= 0.6 is 0 Å². The lowest BCUT2D eigenvalue weighted by molar-refractivity contribution is -0.100. The topological polar surface area (TPSA) is 21.7 Å². The van der Waals surface area contributed by atoms with E-state index < -0.39 is 0 Å². The van der Waals surface area contributed by atoms with Crippen LogP contribution < -0.4 is 0 Å². The first-order valence-corrected chi connectivity index (χ1v) is 13.9. The van der Waals surface area contributed by atoms with Gasteiger partial charge < -0.3 is 9.47 Å². The minimum atomic E-state index is 0.140. The molecule has 8 unspecified atom stereocenters. The molecule has 1 saturated carbocycles. The molecular weight excluding hydrogens is 394 g/mol. The van der Waals surface area contributed by atoms with Gasteiger partial charge in [0.05, 0.1) is 23.4 Å². The van der Waals surface area contributed by atoms with Crippen molar-refractivity contribution in [3.63, 3.8) is 0 Å². The lowest BCUT2D eigenvalue weighted by atomic mass is 9.63. The number of hydrogen-bond donors (Lipinski definition) is 0. The number of fused-ring (bicyclic) bond motifs is 4. The van der Waals surface area contributed by atoms with Gasteiger partial charge in [-0.3, -0.25) is 4.90 Å². The fraction of sp³-hybridized carbons (Fsp3) is 1.00. The lowest BCUT2D eigenvalue weighted by Crippen LogP contribution is -2.45. The number of nitrogens with zero attached hydrogens (tertiary/aromatic N) is 1. The molecule has 0 aromatic heterocycles. The predicted octanol–water partition coefficient (Wildman–Crippen LogP) is 7.04. The number of hydrogen-bond acceptors (Lipinski definition) is 3. The van der Waals surface area contributed by atoms with Crippen molar-refractivity contribution >= 4 is 0 Å². The second kappa shape index (κ2) is 9.86. The Morgan fingerprint density at radius 1 is 0.781 bits per heavy atom. The van der Waals surface area contributed by atoms with E-state index >= 15 is 0 Å². The molecule has 32 heavy (non-hydrogen) atoms. The summed E-state index contributed by atoms with van der Waals surface area (Å²) in [7, 11) is 2.27. The molecule has 3 saturated heterocycles. The average molecular weight is 450 g/mol. The summed E-state index contributed by atoms with van der Waals surface area (Å²) in [5, 5.41) is 0. The van der Waals surface area contributed by atoms with Gasteiger partial charge in [-0.2, -0.15) is 0 Å². The van der Waals surface area contributed by atoms with Crippen LogP contribution in [0.1, 0.15) is 101 Å². The Balaban J connectivity index is 0.000000181. The molecule has 3 heteroatoms. The molecule has 0 N–H and O–H groups in total. The van der Waals surface area contributed by atoms with E-state index in [0.717, 1.165) is 48.0 Å². The third-order valence-corrected chi connectivity index (χ3v) is 9.08. The van der Waals surface area contributed by atoms with Gasteiger partial charge in [0.15, 0.2) is 0 Å². The van der Waals surface area contributed by atoms with Gasteiger partial charge >= 0.3 is 0 Å². The van der Waals surface area contributed by atoms with Crippen LogP contribution in [0.15, 0.2) is 0 Å². The number of ether oxygens (including phenoxy) is 2. The summed E-state index contributed by atoms with van der Waals surface area (Å²) in [5.74, 6) is 5.32. The first kappa shape index (κ1) is 26.5. The summed E-state index contributed by atoms with van der Waals surface area (Å²) < 4.78 is 12.8. The van der Waals surface area contributed by atoms with E-state index in [2.05, 4.69) is 81.2 Å². The van der Waals surface area contributed by atoms with Gasteiger partial charge in [-0.1, -0.05) is 61.8 Å². The smallest absolute Gasteiger partial charge is 0.0861 e. The average Bonchev–Trinajstić information content (AvgIpc) is 3.12. The van der Waals surface area contributed by atoms with Crippen LogP contribution in [0.25, 0.3) is 0 Å². The second-order valence-electron chi connectivity index (χ2n) is 13.5. The maximum Gasteiger partial charge on any atom is 0.0861 e. The fourth-order valence-electron chi connectivity index (χ4n) is 8.94. The SMILES string of the molecule is CC(C)CC12CCCC(C(C)O1)C2C(C)C.CC(C)CC12CN(C)C(C(C)O1)C2C(C)C. The summed E-state index contributed by atoms with van der Waals surface area (Å²) >= 11 is 0. The summed E-state index contributed by atoms with van der Waals surface area (Å²) in [6.07, 6.45) is 7.44. The van der Waals surface area contributed by atoms with Gasteiger partial charge in [-0.25, -0.2) is 0 Å². The van der Waals surface area contributed by atoms with Crippen molar-refractivity contribution < 1.29 is 9.47 Å². The van der Waals surface area contributed by atoms with Crippen LogP contribution in [0.2, 0.25) is 0 Å². The maximum atomic E-state index is 6.46. The van der Waals surface area contributed by atoms with E-state index in [0.29, 0.717) is 18.2 Å². The zero-order valence-electron chi connectivity index (χ0n) is 23.3. The summed E-state index contributed by atoms with van der Waals surface area (Å²) in [6.45, 7) is 24.5. The summed E-state index contributed by atoms with van der Waals surface area (Å²) in [4.78, 5) is 2.53. The Hall–Kier alpha value is -0.120. The van der Waals surface area contributed by atoms with E-state index in [-0.39, 0.29) is 11.2 Å². The summed E-state index contributed by atoms with van der Waals surface area (Å²) in [6, 6.07) is 0.638. The molecule has 188 valence electrons. The molecule has 3 heterocycles. The molecule has 0 amide bonds. The molecule has 0 aromatic rings. The Kier molecular flexibility index (Phi) is 8.16. The van der Waals surface area contributed by atoms with Crippen molar-refractivity contribution in [2.45, 2.75) is 131 Å². The van der Waals surface area contributed by atoms with Gasteiger partial charge in [-0.05, 0) is 82.1 Å². The Morgan fingerprint density at radius 3 is 1.81 bits per heavy atom. The van der Waals surface area contributed by atoms with Crippen molar-refractivity contribution in [2.24, 2.45) is 41.4 Å². The standard InChI is InChI=1S/C15H28O.C14H27NO/c1-10(2)9-15-8-6-7-13(12(5)16-15)14(15)11(3)4;1-9(2)7-14-8-15(6)13(11(5)16-14)12(14)10(3)4/h10-14H,6-9H2,1-5H3;9-13H,7-8H2,1-6H3. The van der Waals surface area contributed by atoms with Crippen molar-refractivity contribution in [3.8, 4) is 0 Å². The number of likely N-dealkylation sites (N-methyl/N-ethyl adjacent to an activating group) is 1. The monoisotopic (exact) mass is 449 g/mol. The van der Waals surface area contributed by atoms with E-state index in [1.54, 1.807) is 0 Å². The van der Waals surface area contributed by atoms with Gasteiger partial charge in [-0.15, -0.1) is 0 Å². The summed E-state index contributed by atoms with van der Waals surface area (Å²) in [5.41, 5.74) is 0.367. The zero-order valence-corrected chi connectivity index (χ0v) is 23.3. The molecule has 1 aliphatic carbocycles. The molecule has 0 spiro atoms. The molecule has 0 radical (unpaired) electrons. The van der Waals surface area contributed by atoms with Gasteiger partial charge in [0.2, 0.25) is 0 Å². The van der Waals surface area contributed by atoms with Crippen molar-refractivity contribution in [3.05, 3.63) is 0 Å². The largest absolute Gasteiger partial charge is 0.371 e. The predicted molar refractivity (Wildman–Crippen MR) is 136 cm³/mol. The highest BCUT2D eigenvalue weighted by Crippen LogP contribution is 2.55. The first-order valence-electron chi connectivity index (χ1n) is 13.9. The van der Waals surface area contributed by atoms with Gasteiger partial charge in [0.25, 0.3) is 0 Å². The number of morpholine rings is 1. The third kappa shape index (κ3) is 4.82. The zero-order chi connectivity index (χ0) is 24.0. The first-order chi connectivity index (χ1) is 14.8. The minimum absolute atomic E-state index is 0.140. The molecule has 3 nitrogen and oxygen atoms in total. The lowest BCUT2D eigenvalue weighted by Gasteiger charge is -2.43. The number of rotatable bonds is 6. The molecule has 4 fully saturated rings. The molecular formula is C29H55NO2. The van der Waals surface area contributed by atoms with Crippen LogP contribution in [0.5, 0.6) is 0 Å². The Labute approximate surface area is 200 Å². The molecule has 0 aromatic carbocycles. The fourth-order valence-corrected chi connectivity index (χ4v) is 8.94. The van der Waals surface area contributed by atoms with E-state index in [4.69, 9.17) is 9.47 Å². The van der Waals surface area contributed by atoms with Crippen LogP contribution in [0, 0.1) is 41.4 Å². The highest BCUT2D eigenvalue weighted by atomic mass is 16.5. The van der Waals surface area contributed by atoms with E-state index in [1.165, 1.54) is 32.1 Å². The van der Waals surface area contributed by atoms with Crippen LogP contribution in [-0.4, -0.2) is 47.9 Å². The normalized spacial score (nSPS) is 43.6. The van der Waals surface area contributed by atoms with Crippen molar-refractivity contribution in [2.75, 3.05) is 13.6 Å². The number of likely N-dealkylation sites (tertiary alicyclic amines) is 1. The Morgan fingerprint density at radius 2 is 1.31 bits per heavy atom. The molecule has 4 aliphatic rings. The molecule has 3 aliphatic heterocycles. The second-order valence-corrected chi connectivity index (χ2v) is 13.5. The van der Waals surface area contributed by atoms with Gasteiger partial charge in [0.1, 0.15) is 0 Å². The van der Waals surface area contributed by atoms with Crippen LogP contribution in [0.4, 0.5) is 0 Å². The van der Waals surface area contributed by atoms with Crippen molar-refractivity contribution in [1.29, 1.82) is 0 Å². The maximum absolute atomic E-state index is 6.46. The third-order valence-electron chi connectivity index (χ3n) is 9.08. The Bertz CT molecular complexity index is 580. The molecule has 8 atom stereocenters. The highest BCUT2D eigenvalue weighted by Gasteiger charge is 2.61. The molecule has 4 bridgehead atoms. The van der Waals surface area contributed by atoms with Crippen LogP contribution in [0.3, 0.4) is 0 Å². The van der Waals surface area contributed by atoms with Crippen molar-refractivity contribution in [1.82, 2.24) is 4.90 Å². The molecule has 4 rings (SSSR count). The van der Waals surface area contributed by atoms with Gasteiger partial charge in [0, 0.05) is 18.5 Å².